The Morgan fingerprint density at radius 2 is 2.21 bits per heavy atom. The van der Waals surface area contributed by atoms with Gasteiger partial charge in [0.05, 0.1) is 14.7 Å². The molecule has 76 valence electrons. The van der Waals surface area contributed by atoms with Crippen LogP contribution in [0.15, 0.2) is 6.07 Å². The summed E-state index contributed by atoms with van der Waals surface area (Å²) < 4.78 is 24.6. The molecule has 0 bridgehead atoms. The van der Waals surface area contributed by atoms with Crippen molar-refractivity contribution in [3.05, 3.63) is 30.5 Å². The van der Waals surface area contributed by atoms with Crippen LogP contribution in [0.2, 0.25) is 5.02 Å². The van der Waals surface area contributed by atoms with Gasteiger partial charge in [-0.15, -0.1) is 0 Å². The molecule has 0 saturated heterocycles. The Bertz CT molecular complexity index is 388. The summed E-state index contributed by atoms with van der Waals surface area (Å²) in [5.74, 6) is -0.675. The van der Waals surface area contributed by atoms with E-state index >= 15 is 0 Å². The fourth-order valence-corrected chi connectivity index (χ4v) is 1.45. The van der Waals surface area contributed by atoms with Gasteiger partial charge >= 0.3 is 12.2 Å². The second-order valence-corrected chi connectivity index (χ2v) is 3.71. The van der Waals surface area contributed by atoms with E-state index in [1.807, 2.05) is 0 Å². The molecule has 0 spiro atoms. The molecule has 0 aromatic carbocycles. The number of hydrogen-bond donors (Lipinski definition) is 0. The zero-order valence-corrected chi connectivity index (χ0v) is 9.29. The molecule has 0 radical (unpaired) electrons. The summed E-state index contributed by atoms with van der Waals surface area (Å²) in [7, 11) is 0. The van der Waals surface area contributed by atoms with Gasteiger partial charge in [0, 0.05) is 0 Å². The third-order valence-corrected chi connectivity index (χ3v) is 3.07. The van der Waals surface area contributed by atoms with Gasteiger partial charge in [-0.3, -0.25) is 0 Å². The van der Waals surface area contributed by atoms with Gasteiger partial charge in [-0.1, -0.05) is 11.6 Å². The van der Waals surface area contributed by atoms with Gasteiger partial charge in [0.25, 0.3) is 0 Å². The number of nitro groups is 1. The average Bonchev–Trinajstić information content (AvgIpc) is 2.08. The molecule has 1 heterocycles. The van der Waals surface area contributed by atoms with Gasteiger partial charge < -0.3 is 10.1 Å². The predicted octanol–water partition coefficient (Wildman–Crippen LogP) is 3.19. The molecular formula is C6H2ClF2IN2O2. The zero-order chi connectivity index (χ0) is 10.9. The van der Waals surface area contributed by atoms with E-state index in [2.05, 4.69) is 4.98 Å². The number of pyridine rings is 1. The van der Waals surface area contributed by atoms with Crippen molar-refractivity contribution in [2.45, 2.75) is 6.43 Å². The first kappa shape index (κ1) is 11.5. The lowest BCUT2D eigenvalue weighted by atomic mass is 10.3. The summed E-state index contributed by atoms with van der Waals surface area (Å²) in [6.07, 6.45) is -2.88. The van der Waals surface area contributed by atoms with E-state index < -0.39 is 22.9 Å². The Hall–Kier alpha value is -0.570. The Morgan fingerprint density at radius 1 is 1.64 bits per heavy atom. The highest BCUT2D eigenvalue weighted by Crippen LogP contribution is 2.30. The molecule has 0 aliphatic carbocycles. The maximum atomic E-state index is 12.3. The van der Waals surface area contributed by atoms with Crippen molar-refractivity contribution >= 4 is 40.0 Å². The third kappa shape index (κ3) is 2.27. The Morgan fingerprint density at radius 3 is 2.64 bits per heavy atom. The van der Waals surface area contributed by atoms with E-state index in [0.717, 1.165) is 6.07 Å². The Kier molecular flexibility index (Phi) is 3.53. The van der Waals surface area contributed by atoms with Crippen molar-refractivity contribution in [2.24, 2.45) is 0 Å². The maximum absolute atomic E-state index is 12.3. The van der Waals surface area contributed by atoms with E-state index in [1.54, 1.807) is 22.6 Å². The first-order valence-corrected chi connectivity index (χ1v) is 4.67. The number of rotatable bonds is 2. The number of aromatic nitrogens is 1. The summed E-state index contributed by atoms with van der Waals surface area (Å²) in [5, 5.41) is 10.2. The van der Waals surface area contributed by atoms with E-state index in [0.29, 0.717) is 0 Å². The second-order valence-electron chi connectivity index (χ2n) is 2.22. The van der Waals surface area contributed by atoms with Gasteiger partial charge in [0.1, 0.15) is 0 Å². The number of halogens is 4. The SMILES string of the molecule is O=[N+]([O-])c1cc(Cl)c(I)c(C(F)F)n1. The van der Waals surface area contributed by atoms with E-state index in [1.165, 1.54) is 0 Å². The van der Waals surface area contributed by atoms with Crippen molar-refractivity contribution < 1.29 is 13.7 Å². The lowest BCUT2D eigenvalue weighted by Gasteiger charge is -2.00. The highest BCUT2D eigenvalue weighted by Gasteiger charge is 2.25. The molecule has 8 heteroatoms. The molecule has 4 nitrogen and oxygen atoms in total. The lowest BCUT2D eigenvalue weighted by Crippen LogP contribution is -2.00. The van der Waals surface area contributed by atoms with Gasteiger partial charge in [-0.05, 0) is 32.5 Å². The fraction of sp³-hybridized carbons (Fsp3) is 0.167. The minimum Gasteiger partial charge on any atom is -0.358 e. The van der Waals surface area contributed by atoms with Crippen molar-refractivity contribution in [3.63, 3.8) is 0 Å². The summed E-state index contributed by atoms with van der Waals surface area (Å²) >= 11 is 7.09. The largest absolute Gasteiger partial charge is 0.365 e. The van der Waals surface area contributed by atoms with Crippen molar-refractivity contribution in [1.82, 2.24) is 4.98 Å². The van der Waals surface area contributed by atoms with Crippen LogP contribution in [-0.2, 0) is 0 Å². The molecule has 1 aromatic heterocycles. The van der Waals surface area contributed by atoms with E-state index in [9.17, 15) is 18.9 Å². The standard InChI is InChI=1S/C6H2ClF2IN2O2/c7-2-1-3(12(13)14)11-5(4(2)10)6(8)9/h1,6H. The molecule has 0 N–H and O–H groups in total. The van der Waals surface area contributed by atoms with Crippen LogP contribution in [0.25, 0.3) is 0 Å². The van der Waals surface area contributed by atoms with E-state index in [4.69, 9.17) is 11.6 Å². The Labute approximate surface area is 95.6 Å². The normalized spacial score (nSPS) is 10.6. The van der Waals surface area contributed by atoms with Crippen LogP contribution in [0.4, 0.5) is 14.6 Å². The first-order valence-electron chi connectivity index (χ1n) is 3.22. The van der Waals surface area contributed by atoms with Gasteiger partial charge in [0.15, 0.2) is 0 Å². The molecule has 14 heavy (non-hydrogen) atoms. The molecule has 1 aromatic rings. The Balaban J connectivity index is 3.35. The predicted molar refractivity (Wildman–Crippen MR) is 53.6 cm³/mol. The number of nitrogens with zero attached hydrogens (tertiary/aromatic N) is 2. The summed E-state index contributed by atoms with van der Waals surface area (Å²) in [6, 6.07) is 0.940. The molecule has 0 unspecified atom stereocenters. The average molecular weight is 334 g/mol. The summed E-state index contributed by atoms with van der Waals surface area (Å²) in [6.45, 7) is 0. The molecule has 0 aliphatic rings. The summed E-state index contributed by atoms with van der Waals surface area (Å²) in [4.78, 5) is 12.6. The number of alkyl halides is 2. The van der Waals surface area contributed by atoms with Crippen LogP contribution in [0, 0.1) is 13.7 Å². The molecule has 1 rings (SSSR count). The van der Waals surface area contributed by atoms with Crippen molar-refractivity contribution in [2.75, 3.05) is 0 Å². The second kappa shape index (κ2) is 4.30. The highest BCUT2D eigenvalue weighted by atomic mass is 127. The van der Waals surface area contributed by atoms with Gasteiger partial charge in [-0.2, -0.15) is 0 Å². The molecule has 0 amide bonds. The van der Waals surface area contributed by atoms with Crippen LogP contribution in [0.1, 0.15) is 12.1 Å². The quantitative estimate of drug-likeness (QED) is 0.474. The zero-order valence-electron chi connectivity index (χ0n) is 6.38. The molecule has 0 atom stereocenters. The summed E-state index contributed by atoms with van der Waals surface area (Å²) in [5.41, 5.74) is -0.662. The van der Waals surface area contributed by atoms with Gasteiger partial charge in [-0.25, -0.2) is 8.78 Å². The molecular weight excluding hydrogens is 332 g/mol. The number of hydrogen-bond acceptors (Lipinski definition) is 3. The molecule has 0 saturated carbocycles. The first-order chi connectivity index (χ1) is 6.43. The third-order valence-electron chi connectivity index (χ3n) is 1.32. The maximum Gasteiger partial charge on any atom is 0.365 e. The monoisotopic (exact) mass is 334 g/mol. The highest BCUT2D eigenvalue weighted by molar-refractivity contribution is 14.1. The minimum atomic E-state index is -2.88. The van der Waals surface area contributed by atoms with Crippen LogP contribution in [-0.4, -0.2) is 9.91 Å². The molecule has 0 fully saturated rings. The smallest absolute Gasteiger partial charge is 0.358 e. The van der Waals surface area contributed by atoms with Crippen molar-refractivity contribution in [1.29, 1.82) is 0 Å². The van der Waals surface area contributed by atoms with Crippen LogP contribution in [0.5, 0.6) is 0 Å². The topological polar surface area (TPSA) is 56.0 Å². The van der Waals surface area contributed by atoms with Crippen LogP contribution in [0.3, 0.4) is 0 Å². The lowest BCUT2D eigenvalue weighted by molar-refractivity contribution is -0.389. The van der Waals surface area contributed by atoms with Crippen LogP contribution < -0.4 is 0 Å². The van der Waals surface area contributed by atoms with Crippen LogP contribution >= 0.6 is 34.2 Å². The van der Waals surface area contributed by atoms with Crippen molar-refractivity contribution in [3.8, 4) is 0 Å². The molecule has 0 aliphatic heterocycles. The minimum absolute atomic E-state index is 0.0323. The fourth-order valence-electron chi connectivity index (χ4n) is 0.742. The van der Waals surface area contributed by atoms with Gasteiger partial charge in [0.2, 0.25) is 5.69 Å². The van der Waals surface area contributed by atoms with E-state index in [-0.39, 0.29) is 8.59 Å².